The minimum absolute atomic E-state index is 0.125. The third-order valence-corrected chi connectivity index (χ3v) is 11.1. The van der Waals surface area contributed by atoms with E-state index in [1.165, 1.54) is 103 Å². The van der Waals surface area contributed by atoms with Crippen LogP contribution in [0.25, 0.3) is 0 Å². The van der Waals surface area contributed by atoms with Crippen molar-refractivity contribution in [1.82, 2.24) is 5.32 Å². The molecule has 2 unspecified atom stereocenters. The monoisotopic (exact) mass is 882 g/mol. The molecule has 4 nitrogen and oxygen atoms in total. The van der Waals surface area contributed by atoms with E-state index in [4.69, 9.17) is 0 Å². The lowest BCUT2D eigenvalue weighted by Gasteiger charge is -2.19. The van der Waals surface area contributed by atoms with Crippen LogP contribution in [-0.4, -0.2) is 34.9 Å². The fourth-order valence-corrected chi connectivity index (χ4v) is 7.11. The number of hydrogen-bond acceptors (Lipinski definition) is 3. The maximum Gasteiger partial charge on any atom is 0.220 e. The number of allylic oxidation sites excluding steroid dienone is 21. The van der Waals surface area contributed by atoms with Crippen LogP contribution in [-0.2, 0) is 4.79 Å². The summed E-state index contributed by atoms with van der Waals surface area (Å²) in [4.78, 5) is 12.4. The van der Waals surface area contributed by atoms with Crippen LogP contribution in [0.2, 0.25) is 0 Å². The van der Waals surface area contributed by atoms with Gasteiger partial charge in [0.2, 0.25) is 5.91 Å². The summed E-state index contributed by atoms with van der Waals surface area (Å²) in [6.45, 7) is 4.16. The minimum atomic E-state index is -0.900. The highest BCUT2D eigenvalue weighted by atomic mass is 16.3. The zero-order valence-corrected chi connectivity index (χ0v) is 41.5. The predicted octanol–water partition coefficient (Wildman–Crippen LogP) is 17.5. The summed E-state index contributed by atoms with van der Waals surface area (Å²) in [5, 5.41) is 23.1. The maximum absolute atomic E-state index is 12.4. The van der Waals surface area contributed by atoms with Crippen LogP contribution in [0.4, 0.5) is 0 Å². The van der Waals surface area contributed by atoms with Crippen molar-refractivity contribution in [2.75, 3.05) is 6.61 Å². The molecule has 0 bridgehead atoms. The van der Waals surface area contributed by atoms with Crippen LogP contribution in [0.5, 0.6) is 0 Å². The predicted molar refractivity (Wildman–Crippen MR) is 285 cm³/mol. The molecule has 0 aliphatic rings. The first-order chi connectivity index (χ1) is 31.7. The highest BCUT2D eigenvalue weighted by Gasteiger charge is 2.17. The number of rotatable bonds is 46. The normalized spacial score (nSPS) is 14.0. The molecule has 0 fully saturated rings. The Morgan fingerprint density at radius 3 is 1.09 bits per heavy atom. The average molecular weight is 882 g/mol. The Kier molecular flexibility index (Phi) is 50.9. The molecule has 1 amide bonds. The van der Waals surface area contributed by atoms with Crippen molar-refractivity contribution in [1.29, 1.82) is 0 Å². The Hall–Kier alpha value is -3.47. The van der Waals surface area contributed by atoms with E-state index < -0.39 is 12.1 Å². The Bertz CT molecular complexity index is 1320. The molecule has 0 aliphatic carbocycles. The highest BCUT2D eigenvalue weighted by molar-refractivity contribution is 5.76. The Labute approximate surface area is 396 Å². The highest BCUT2D eigenvalue weighted by Crippen LogP contribution is 2.14. The first-order valence-corrected chi connectivity index (χ1v) is 26.4. The van der Waals surface area contributed by atoms with Gasteiger partial charge in [0.25, 0.3) is 0 Å². The van der Waals surface area contributed by atoms with Gasteiger partial charge in [0.15, 0.2) is 0 Å². The minimum Gasteiger partial charge on any atom is -0.394 e. The first kappa shape index (κ1) is 60.5. The van der Waals surface area contributed by atoms with Crippen LogP contribution in [0.1, 0.15) is 219 Å². The van der Waals surface area contributed by atoms with Gasteiger partial charge in [0.1, 0.15) is 0 Å². The lowest BCUT2D eigenvalue weighted by atomic mass is 10.0. The lowest BCUT2D eigenvalue weighted by Crippen LogP contribution is -2.45. The van der Waals surface area contributed by atoms with Gasteiger partial charge in [-0.3, -0.25) is 4.79 Å². The van der Waals surface area contributed by atoms with Gasteiger partial charge in [0, 0.05) is 6.42 Å². The van der Waals surface area contributed by atoms with Crippen molar-refractivity contribution >= 4 is 5.91 Å². The van der Waals surface area contributed by atoms with Crippen molar-refractivity contribution < 1.29 is 15.0 Å². The van der Waals surface area contributed by atoms with Gasteiger partial charge in [-0.25, -0.2) is 0 Å². The van der Waals surface area contributed by atoms with Crippen LogP contribution in [0.15, 0.2) is 134 Å². The summed E-state index contributed by atoms with van der Waals surface area (Å²) in [5.74, 6) is -0.125. The van der Waals surface area contributed by atoms with Gasteiger partial charge in [-0.05, 0) is 109 Å². The largest absolute Gasteiger partial charge is 0.394 e. The number of carbonyl (C=O) groups excluding carboxylic acids is 1. The van der Waals surface area contributed by atoms with Gasteiger partial charge in [-0.1, -0.05) is 237 Å². The van der Waals surface area contributed by atoms with E-state index in [1.807, 2.05) is 6.08 Å². The summed E-state index contributed by atoms with van der Waals surface area (Å²) in [5.41, 5.74) is 0. The van der Waals surface area contributed by atoms with Gasteiger partial charge >= 0.3 is 0 Å². The number of nitrogens with one attached hydrogen (secondary N) is 1. The van der Waals surface area contributed by atoms with E-state index in [-0.39, 0.29) is 12.5 Å². The van der Waals surface area contributed by atoms with Gasteiger partial charge in [-0.15, -0.1) is 0 Å². The number of aliphatic hydroxyl groups excluding tert-OH is 2. The van der Waals surface area contributed by atoms with Gasteiger partial charge in [0.05, 0.1) is 18.8 Å². The Morgan fingerprint density at radius 2 is 0.703 bits per heavy atom. The second-order valence-corrected chi connectivity index (χ2v) is 17.2. The molecule has 0 rings (SSSR count). The van der Waals surface area contributed by atoms with Crippen LogP contribution in [0, 0.1) is 0 Å². The molecule has 0 aromatic rings. The zero-order chi connectivity index (χ0) is 46.3. The Balaban J connectivity index is 3.75. The topological polar surface area (TPSA) is 69.6 Å². The van der Waals surface area contributed by atoms with E-state index in [1.54, 1.807) is 6.08 Å². The summed E-state index contributed by atoms with van der Waals surface area (Å²) < 4.78 is 0. The molecule has 0 aromatic heterocycles. The second-order valence-electron chi connectivity index (χ2n) is 17.2. The van der Waals surface area contributed by atoms with Crippen molar-refractivity contribution in [3.63, 3.8) is 0 Å². The molecule has 64 heavy (non-hydrogen) atoms. The summed E-state index contributed by atoms with van der Waals surface area (Å²) in [6.07, 6.45) is 84.5. The molecule has 0 aliphatic heterocycles. The molecular formula is C60H99NO3. The number of carbonyl (C=O) groups is 1. The zero-order valence-electron chi connectivity index (χ0n) is 41.5. The third-order valence-electron chi connectivity index (χ3n) is 11.1. The standard InChI is InChI=1S/C60H99NO3/c1-3-5-7-9-11-13-15-17-19-21-23-25-27-29-30-32-34-36-38-40-42-44-46-48-50-52-54-56-60(64)61-58(57-62)59(63)55-53-51-49-47-45-43-41-39-37-35-33-31-28-26-24-22-20-18-16-14-12-10-8-6-4-2/h5,7,11,13,17,19,23,25,29-30,34,36-37,39-40,42,45-48,53,55,58-59,62-63H,3-4,6,8-10,12,14-16,18,20-22,24,26-28,31-33,35,38,41,43-44,49-52,54,56-57H2,1-2H3,(H,61,64)/b7-5-,13-11-,19-17-,25-23-,30-29-,36-34-,39-37+,42-40-,47-45+,48-46-,55-53+. The number of amides is 1. The number of aliphatic hydroxyl groups is 2. The molecule has 0 radical (unpaired) electrons. The molecule has 2 atom stereocenters. The van der Waals surface area contributed by atoms with E-state index in [2.05, 4.69) is 141 Å². The van der Waals surface area contributed by atoms with Crippen molar-refractivity contribution in [2.45, 2.75) is 231 Å². The third kappa shape index (κ3) is 49.5. The lowest BCUT2D eigenvalue weighted by molar-refractivity contribution is -0.123. The summed E-state index contributed by atoms with van der Waals surface area (Å²) in [7, 11) is 0. The maximum atomic E-state index is 12.4. The molecule has 3 N–H and O–H groups in total. The van der Waals surface area contributed by atoms with E-state index in [0.717, 1.165) is 96.3 Å². The van der Waals surface area contributed by atoms with Gasteiger partial charge < -0.3 is 15.5 Å². The molecule has 0 heterocycles. The molecule has 362 valence electrons. The molecule has 0 spiro atoms. The van der Waals surface area contributed by atoms with Crippen molar-refractivity contribution in [3.8, 4) is 0 Å². The van der Waals surface area contributed by atoms with E-state index >= 15 is 0 Å². The van der Waals surface area contributed by atoms with Crippen molar-refractivity contribution in [2.24, 2.45) is 0 Å². The number of hydrogen-bond donors (Lipinski definition) is 3. The first-order valence-electron chi connectivity index (χ1n) is 26.4. The van der Waals surface area contributed by atoms with Crippen LogP contribution < -0.4 is 5.32 Å². The molecular weight excluding hydrogens is 783 g/mol. The fraction of sp³-hybridized carbons (Fsp3) is 0.617. The summed E-state index contributed by atoms with van der Waals surface area (Å²) in [6, 6.07) is -0.681. The van der Waals surface area contributed by atoms with E-state index in [9.17, 15) is 15.0 Å². The fourth-order valence-electron chi connectivity index (χ4n) is 7.11. The molecule has 0 saturated carbocycles. The smallest absolute Gasteiger partial charge is 0.220 e. The summed E-state index contributed by atoms with van der Waals surface area (Å²) >= 11 is 0. The molecule has 0 aromatic carbocycles. The van der Waals surface area contributed by atoms with Crippen LogP contribution in [0.3, 0.4) is 0 Å². The van der Waals surface area contributed by atoms with Crippen molar-refractivity contribution in [3.05, 3.63) is 134 Å². The second kappa shape index (κ2) is 53.9. The molecule has 4 heteroatoms. The van der Waals surface area contributed by atoms with E-state index in [0.29, 0.717) is 6.42 Å². The number of unbranched alkanes of at least 4 members (excludes halogenated alkanes) is 19. The Morgan fingerprint density at radius 1 is 0.391 bits per heavy atom. The molecule has 0 saturated heterocycles. The SMILES string of the molecule is CC/C=C\C/C=C\C/C=C\C/C=C\C/C=C\C/C=C\C/C=C\C/C=C\CCCCC(=O)NC(CO)C(O)/C=C/CC/C=C/CC/C=C/CCCCCCCCCCCCCCCCC. The van der Waals surface area contributed by atoms with Crippen LogP contribution >= 0.6 is 0 Å². The van der Waals surface area contributed by atoms with Gasteiger partial charge in [-0.2, -0.15) is 0 Å². The average Bonchev–Trinajstić information content (AvgIpc) is 3.30. The quantitative estimate of drug-likeness (QED) is 0.0421.